The molecule has 1 unspecified atom stereocenters. The molecule has 1 heterocycles. The molecule has 0 bridgehead atoms. The van der Waals surface area contributed by atoms with E-state index in [1.165, 1.54) is 0 Å². The Bertz CT molecular complexity index is 798. The number of aliphatic carboxylic acids is 1. The first-order valence-corrected chi connectivity index (χ1v) is 9.38. The molecule has 1 saturated heterocycles. The Morgan fingerprint density at radius 3 is 2.44 bits per heavy atom. The van der Waals surface area contributed by atoms with Crippen LogP contribution in [0, 0.1) is 13.8 Å². The zero-order valence-electron chi connectivity index (χ0n) is 16.3. The predicted molar refractivity (Wildman–Crippen MR) is 106 cm³/mol. The first kappa shape index (κ1) is 19.4. The third-order valence-electron chi connectivity index (χ3n) is 5.31. The number of benzene rings is 2. The highest BCUT2D eigenvalue weighted by molar-refractivity contribution is 5.76. The van der Waals surface area contributed by atoms with Gasteiger partial charge in [0.2, 0.25) is 0 Å². The Hall–Kier alpha value is -2.37. The van der Waals surface area contributed by atoms with Gasteiger partial charge in [0.25, 0.3) is 0 Å². The number of carboxylic acids is 1. The highest BCUT2D eigenvalue weighted by atomic mass is 16.5. The quantitative estimate of drug-likeness (QED) is 0.848. The number of ether oxygens (including phenoxy) is 1. The van der Waals surface area contributed by atoms with E-state index in [1.54, 1.807) is 7.11 Å². The number of rotatable bonds is 6. The Morgan fingerprint density at radius 2 is 1.81 bits per heavy atom. The minimum atomic E-state index is -0.778. The maximum atomic E-state index is 12.0. The van der Waals surface area contributed by atoms with Crippen LogP contribution in [-0.4, -0.2) is 54.2 Å². The SMILES string of the molecule is COc1ccccc1CN1CCN(C(C(=O)O)c2ccc(C)cc2C)CC1. The summed E-state index contributed by atoms with van der Waals surface area (Å²) in [6, 6.07) is 13.5. The lowest BCUT2D eigenvalue weighted by Gasteiger charge is -2.38. The van der Waals surface area contributed by atoms with Gasteiger partial charge in [0.05, 0.1) is 7.11 Å². The second-order valence-corrected chi connectivity index (χ2v) is 7.22. The molecule has 0 amide bonds. The number of hydrogen-bond donors (Lipinski definition) is 1. The van der Waals surface area contributed by atoms with Crippen molar-refractivity contribution in [1.82, 2.24) is 9.80 Å². The molecule has 144 valence electrons. The minimum Gasteiger partial charge on any atom is -0.496 e. The molecule has 1 fully saturated rings. The molecule has 0 radical (unpaired) electrons. The second-order valence-electron chi connectivity index (χ2n) is 7.22. The van der Waals surface area contributed by atoms with Crippen molar-refractivity contribution in [1.29, 1.82) is 0 Å². The number of carboxylic acid groups (broad SMARTS) is 1. The van der Waals surface area contributed by atoms with Crippen molar-refractivity contribution >= 4 is 5.97 Å². The molecule has 5 heteroatoms. The topological polar surface area (TPSA) is 53.0 Å². The molecule has 2 aromatic carbocycles. The first-order valence-electron chi connectivity index (χ1n) is 9.38. The van der Waals surface area contributed by atoms with E-state index in [0.717, 1.165) is 60.7 Å². The van der Waals surface area contributed by atoms with E-state index in [2.05, 4.69) is 21.9 Å². The smallest absolute Gasteiger partial charge is 0.325 e. The van der Waals surface area contributed by atoms with Crippen molar-refractivity contribution < 1.29 is 14.6 Å². The van der Waals surface area contributed by atoms with E-state index in [-0.39, 0.29) is 0 Å². The van der Waals surface area contributed by atoms with Gasteiger partial charge in [-0.3, -0.25) is 14.6 Å². The lowest BCUT2D eigenvalue weighted by atomic mass is 9.97. The van der Waals surface area contributed by atoms with Crippen molar-refractivity contribution in [3.05, 3.63) is 64.7 Å². The van der Waals surface area contributed by atoms with Crippen LogP contribution in [-0.2, 0) is 11.3 Å². The monoisotopic (exact) mass is 368 g/mol. The number of para-hydroxylation sites is 1. The molecule has 0 spiro atoms. The summed E-state index contributed by atoms with van der Waals surface area (Å²) in [6.45, 7) is 8.00. The molecule has 2 aromatic rings. The molecule has 0 aliphatic carbocycles. The number of carbonyl (C=O) groups is 1. The van der Waals surface area contributed by atoms with E-state index < -0.39 is 12.0 Å². The van der Waals surface area contributed by atoms with Crippen molar-refractivity contribution in [2.45, 2.75) is 26.4 Å². The van der Waals surface area contributed by atoms with E-state index in [1.807, 2.05) is 44.2 Å². The van der Waals surface area contributed by atoms with Gasteiger partial charge in [0, 0.05) is 38.3 Å². The van der Waals surface area contributed by atoms with Gasteiger partial charge in [-0.1, -0.05) is 42.0 Å². The summed E-state index contributed by atoms with van der Waals surface area (Å²) in [7, 11) is 1.69. The summed E-state index contributed by atoms with van der Waals surface area (Å²) in [5, 5.41) is 9.87. The molecule has 5 nitrogen and oxygen atoms in total. The predicted octanol–water partition coefficient (Wildman–Crippen LogP) is 3.26. The molecule has 1 aliphatic heterocycles. The van der Waals surface area contributed by atoms with E-state index in [4.69, 9.17) is 4.74 Å². The highest BCUT2D eigenvalue weighted by Crippen LogP contribution is 2.27. The lowest BCUT2D eigenvalue weighted by molar-refractivity contribution is -0.144. The summed E-state index contributed by atoms with van der Waals surface area (Å²) in [5.74, 6) is 0.124. The standard InChI is InChI=1S/C22H28N2O3/c1-16-8-9-19(17(2)14-16)21(22(25)26)24-12-10-23(11-13-24)15-18-6-4-5-7-20(18)27-3/h4-9,14,21H,10-13,15H2,1-3H3,(H,25,26). The fourth-order valence-corrected chi connectivity index (χ4v) is 3.87. The van der Waals surface area contributed by atoms with Crippen LogP contribution in [0.3, 0.4) is 0 Å². The Morgan fingerprint density at radius 1 is 1.11 bits per heavy atom. The molecular weight excluding hydrogens is 340 g/mol. The van der Waals surface area contributed by atoms with Crippen LogP contribution in [0.1, 0.15) is 28.3 Å². The summed E-state index contributed by atoms with van der Waals surface area (Å²) in [4.78, 5) is 16.5. The first-order chi connectivity index (χ1) is 13.0. The number of hydrogen-bond acceptors (Lipinski definition) is 4. The maximum absolute atomic E-state index is 12.0. The molecule has 0 aromatic heterocycles. The normalized spacial score (nSPS) is 16.9. The fraction of sp³-hybridized carbons (Fsp3) is 0.409. The Labute approximate surface area is 161 Å². The summed E-state index contributed by atoms with van der Waals surface area (Å²) < 4.78 is 5.44. The number of piperazine rings is 1. The van der Waals surface area contributed by atoms with Crippen LogP contribution in [0.25, 0.3) is 0 Å². The second kappa shape index (κ2) is 8.55. The summed E-state index contributed by atoms with van der Waals surface area (Å²) in [5.41, 5.74) is 4.25. The van der Waals surface area contributed by atoms with Gasteiger partial charge >= 0.3 is 5.97 Å². The number of nitrogens with zero attached hydrogens (tertiary/aromatic N) is 2. The molecule has 3 rings (SSSR count). The number of methoxy groups -OCH3 is 1. The van der Waals surface area contributed by atoms with Gasteiger partial charge in [-0.2, -0.15) is 0 Å². The van der Waals surface area contributed by atoms with Crippen LogP contribution in [0.15, 0.2) is 42.5 Å². The summed E-state index contributed by atoms with van der Waals surface area (Å²) in [6.07, 6.45) is 0. The van der Waals surface area contributed by atoms with Gasteiger partial charge in [0.1, 0.15) is 11.8 Å². The zero-order chi connectivity index (χ0) is 19.4. The van der Waals surface area contributed by atoms with E-state index in [9.17, 15) is 9.90 Å². The molecule has 1 aliphatic rings. The largest absolute Gasteiger partial charge is 0.496 e. The van der Waals surface area contributed by atoms with Crippen LogP contribution >= 0.6 is 0 Å². The van der Waals surface area contributed by atoms with Gasteiger partial charge in [-0.15, -0.1) is 0 Å². The summed E-state index contributed by atoms with van der Waals surface area (Å²) >= 11 is 0. The average Bonchev–Trinajstić information content (AvgIpc) is 2.65. The molecule has 1 atom stereocenters. The van der Waals surface area contributed by atoms with Gasteiger partial charge in [-0.25, -0.2) is 0 Å². The van der Waals surface area contributed by atoms with Crippen molar-refractivity contribution in [3.63, 3.8) is 0 Å². The molecule has 0 saturated carbocycles. The highest BCUT2D eigenvalue weighted by Gasteiger charge is 2.31. The van der Waals surface area contributed by atoms with Crippen LogP contribution in [0.5, 0.6) is 5.75 Å². The Kier molecular flexibility index (Phi) is 6.14. The van der Waals surface area contributed by atoms with E-state index >= 15 is 0 Å². The molecule has 27 heavy (non-hydrogen) atoms. The van der Waals surface area contributed by atoms with Crippen molar-refractivity contribution in [2.75, 3.05) is 33.3 Å². The van der Waals surface area contributed by atoms with Crippen LogP contribution < -0.4 is 4.74 Å². The van der Waals surface area contributed by atoms with Gasteiger partial charge in [0.15, 0.2) is 0 Å². The lowest BCUT2D eigenvalue weighted by Crippen LogP contribution is -2.49. The molecular formula is C22H28N2O3. The number of aryl methyl sites for hydroxylation is 2. The fourth-order valence-electron chi connectivity index (χ4n) is 3.87. The zero-order valence-corrected chi connectivity index (χ0v) is 16.3. The average molecular weight is 368 g/mol. The van der Waals surface area contributed by atoms with E-state index in [0.29, 0.717) is 0 Å². The van der Waals surface area contributed by atoms with Crippen molar-refractivity contribution in [3.8, 4) is 5.75 Å². The third-order valence-corrected chi connectivity index (χ3v) is 5.31. The third kappa shape index (κ3) is 4.49. The Balaban J connectivity index is 1.68. The van der Waals surface area contributed by atoms with Crippen LogP contribution in [0.4, 0.5) is 0 Å². The van der Waals surface area contributed by atoms with Gasteiger partial charge < -0.3 is 9.84 Å². The maximum Gasteiger partial charge on any atom is 0.325 e. The van der Waals surface area contributed by atoms with Crippen LogP contribution in [0.2, 0.25) is 0 Å². The van der Waals surface area contributed by atoms with Crippen molar-refractivity contribution in [2.24, 2.45) is 0 Å². The van der Waals surface area contributed by atoms with Gasteiger partial charge in [-0.05, 0) is 31.0 Å². The minimum absolute atomic E-state index is 0.584. The molecule has 1 N–H and O–H groups in total.